The fourth-order valence-corrected chi connectivity index (χ4v) is 1.39. The molecule has 2 N–H and O–H groups in total. The monoisotopic (exact) mass is 220 g/mol. The van der Waals surface area contributed by atoms with Gasteiger partial charge in [0.15, 0.2) is 0 Å². The molecule has 0 spiro atoms. The molecule has 0 fully saturated rings. The van der Waals surface area contributed by atoms with Crippen LogP contribution in [-0.2, 0) is 11.3 Å². The lowest BCUT2D eigenvalue weighted by atomic mass is 10.1. The van der Waals surface area contributed by atoms with E-state index in [-0.39, 0.29) is 12.6 Å². The quantitative estimate of drug-likeness (QED) is 0.739. The van der Waals surface area contributed by atoms with Crippen LogP contribution in [-0.4, -0.2) is 31.5 Å². The van der Waals surface area contributed by atoms with Crippen LogP contribution in [0.25, 0.3) is 0 Å². The molecular formula is C12H16N2O2. The Balaban J connectivity index is 2.50. The Hall–Kier alpha value is -1.41. The molecule has 1 aromatic carbocycles. The molecule has 1 rings (SSSR count). The molecule has 0 aliphatic rings. The summed E-state index contributed by atoms with van der Waals surface area (Å²) in [7, 11) is 1.60. The number of hydrogen-bond donors (Lipinski definition) is 2. The first kappa shape index (κ1) is 12.7. The van der Waals surface area contributed by atoms with Gasteiger partial charge in [0.2, 0.25) is 0 Å². The maximum atomic E-state index is 9.04. The number of methoxy groups -OCH3 is 1. The van der Waals surface area contributed by atoms with Gasteiger partial charge in [0.25, 0.3) is 0 Å². The molecule has 0 aliphatic heterocycles. The van der Waals surface area contributed by atoms with Crippen molar-refractivity contribution in [1.82, 2.24) is 5.32 Å². The predicted molar refractivity (Wildman–Crippen MR) is 60.7 cm³/mol. The Morgan fingerprint density at radius 1 is 1.56 bits per heavy atom. The fourth-order valence-electron chi connectivity index (χ4n) is 1.39. The van der Waals surface area contributed by atoms with Crippen molar-refractivity contribution < 1.29 is 9.84 Å². The van der Waals surface area contributed by atoms with E-state index < -0.39 is 0 Å². The minimum atomic E-state index is -0.0734. The molecule has 0 radical (unpaired) electrons. The Morgan fingerprint density at radius 2 is 2.38 bits per heavy atom. The molecule has 0 saturated carbocycles. The lowest BCUT2D eigenvalue weighted by Gasteiger charge is -2.15. The highest BCUT2D eigenvalue weighted by molar-refractivity contribution is 5.32. The second-order valence-corrected chi connectivity index (χ2v) is 3.53. The van der Waals surface area contributed by atoms with Crippen molar-refractivity contribution in [3.8, 4) is 6.07 Å². The largest absolute Gasteiger partial charge is 0.395 e. The summed E-state index contributed by atoms with van der Waals surface area (Å²) in [5, 5.41) is 20.9. The van der Waals surface area contributed by atoms with Crippen molar-refractivity contribution >= 4 is 0 Å². The lowest BCUT2D eigenvalue weighted by Crippen LogP contribution is -2.35. The van der Waals surface area contributed by atoms with E-state index in [9.17, 15) is 0 Å². The molecule has 0 aromatic heterocycles. The van der Waals surface area contributed by atoms with Gasteiger partial charge in [0.1, 0.15) is 0 Å². The van der Waals surface area contributed by atoms with Crippen LogP contribution in [0.4, 0.5) is 0 Å². The van der Waals surface area contributed by atoms with Gasteiger partial charge in [-0.25, -0.2) is 0 Å². The average molecular weight is 220 g/mol. The Labute approximate surface area is 95.5 Å². The zero-order valence-corrected chi connectivity index (χ0v) is 9.31. The summed E-state index contributed by atoms with van der Waals surface area (Å²) >= 11 is 0. The van der Waals surface area contributed by atoms with Gasteiger partial charge in [-0.05, 0) is 17.7 Å². The summed E-state index contributed by atoms with van der Waals surface area (Å²) < 4.78 is 4.95. The highest BCUT2D eigenvalue weighted by Gasteiger charge is 2.05. The molecule has 16 heavy (non-hydrogen) atoms. The van der Waals surface area contributed by atoms with E-state index in [2.05, 4.69) is 11.4 Å². The minimum absolute atomic E-state index is 0.0335. The van der Waals surface area contributed by atoms with Crippen molar-refractivity contribution in [2.75, 3.05) is 20.3 Å². The third kappa shape index (κ3) is 3.99. The van der Waals surface area contributed by atoms with Gasteiger partial charge in [-0.3, -0.25) is 0 Å². The van der Waals surface area contributed by atoms with Crippen molar-refractivity contribution in [2.45, 2.75) is 12.6 Å². The molecule has 0 heterocycles. The van der Waals surface area contributed by atoms with Gasteiger partial charge < -0.3 is 15.2 Å². The number of hydrogen-bond acceptors (Lipinski definition) is 4. The molecule has 0 bridgehead atoms. The van der Waals surface area contributed by atoms with Gasteiger partial charge in [0.05, 0.1) is 30.9 Å². The standard InChI is InChI=1S/C12H16N2O2/c1-16-9-12(8-15)14-7-11-4-2-3-10(5-11)6-13/h2-5,12,14-15H,7-9H2,1H3. The maximum Gasteiger partial charge on any atom is 0.0991 e. The summed E-state index contributed by atoms with van der Waals surface area (Å²) in [6.45, 7) is 1.12. The molecule has 4 heteroatoms. The van der Waals surface area contributed by atoms with Crippen LogP contribution in [0.1, 0.15) is 11.1 Å². The van der Waals surface area contributed by atoms with Crippen molar-refractivity contribution in [1.29, 1.82) is 5.26 Å². The number of rotatable bonds is 6. The molecular weight excluding hydrogens is 204 g/mol. The highest BCUT2D eigenvalue weighted by atomic mass is 16.5. The highest BCUT2D eigenvalue weighted by Crippen LogP contribution is 2.04. The van der Waals surface area contributed by atoms with Gasteiger partial charge in [0, 0.05) is 13.7 Å². The first-order valence-corrected chi connectivity index (χ1v) is 5.12. The van der Waals surface area contributed by atoms with Crippen LogP contribution in [0.15, 0.2) is 24.3 Å². The van der Waals surface area contributed by atoms with Gasteiger partial charge in [-0.15, -0.1) is 0 Å². The van der Waals surface area contributed by atoms with Crippen LogP contribution >= 0.6 is 0 Å². The predicted octanol–water partition coefficient (Wildman–Crippen LogP) is 0.655. The Morgan fingerprint density at radius 3 is 3.00 bits per heavy atom. The van der Waals surface area contributed by atoms with Crippen molar-refractivity contribution in [3.63, 3.8) is 0 Å². The molecule has 1 atom stereocenters. The number of benzene rings is 1. The number of nitriles is 1. The molecule has 86 valence electrons. The zero-order valence-electron chi connectivity index (χ0n) is 9.31. The van der Waals surface area contributed by atoms with Crippen molar-refractivity contribution in [3.05, 3.63) is 35.4 Å². The topological polar surface area (TPSA) is 65.3 Å². The van der Waals surface area contributed by atoms with Gasteiger partial charge >= 0.3 is 0 Å². The van der Waals surface area contributed by atoms with Crippen LogP contribution in [0.5, 0.6) is 0 Å². The lowest BCUT2D eigenvalue weighted by molar-refractivity contribution is 0.128. The molecule has 1 aromatic rings. The summed E-state index contributed by atoms with van der Waals surface area (Å²) in [6, 6.07) is 9.40. The van der Waals surface area contributed by atoms with E-state index in [0.717, 1.165) is 5.56 Å². The van der Waals surface area contributed by atoms with E-state index in [4.69, 9.17) is 15.1 Å². The summed E-state index contributed by atoms with van der Waals surface area (Å²) in [5.74, 6) is 0. The normalized spacial score (nSPS) is 12.1. The number of nitrogens with zero attached hydrogens (tertiary/aromatic N) is 1. The second kappa shape index (κ2) is 6.96. The molecule has 0 saturated heterocycles. The van der Waals surface area contributed by atoms with E-state index in [0.29, 0.717) is 18.7 Å². The average Bonchev–Trinajstić information content (AvgIpc) is 2.34. The molecule has 0 aliphatic carbocycles. The summed E-state index contributed by atoms with van der Waals surface area (Å²) in [5.41, 5.74) is 1.67. The minimum Gasteiger partial charge on any atom is -0.395 e. The molecule has 1 unspecified atom stereocenters. The van der Waals surface area contributed by atoms with Gasteiger partial charge in [-0.1, -0.05) is 12.1 Å². The second-order valence-electron chi connectivity index (χ2n) is 3.53. The fraction of sp³-hybridized carbons (Fsp3) is 0.417. The van der Waals surface area contributed by atoms with Crippen LogP contribution in [0, 0.1) is 11.3 Å². The summed E-state index contributed by atoms with van der Waals surface area (Å²) in [4.78, 5) is 0. The summed E-state index contributed by atoms with van der Waals surface area (Å²) in [6.07, 6.45) is 0. The SMILES string of the molecule is COCC(CO)NCc1cccc(C#N)c1. The van der Waals surface area contributed by atoms with E-state index in [1.807, 2.05) is 18.2 Å². The first-order chi connectivity index (χ1) is 7.80. The van der Waals surface area contributed by atoms with Crippen LogP contribution < -0.4 is 5.32 Å². The third-order valence-electron chi connectivity index (χ3n) is 2.24. The zero-order chi connectivity index (χ0) is 11.8. The Bertz CT molecular complexity index is 360. The smallest absolute Gasteiger partial charge is 0.0991 e. The number of nitrogens with one attached hydrogen (secondary N) is 1. The number of aliphatic hydroxyl groups is 1. The number of aliphatic hydroxyl groups excluding tert-OH is 1. The number of ether oxygens (including phenoxy) is 1. The first-order valence-electron chi connectivity index (χ1n) is 5.12. The third-order valence-corrected chi connectivity index (χ3v) is 2.24. The van der Waals surface area contributed by atoms with E-state index in [1.54, 1.807) is 13.2 Å². The maximum absolute atomic E-state index is 9.04. The van der Waals surface area contributed by atoms with E-state index in [1.165, 1.54) is 0 Å². The van der Waals surface area contributed by atoms with E-state index >= 15 is 0 Å². The molecule has 4 nitrogen and oxygen atoms in total. The van der Waals surface area contributed by atoms with Gasteiger partial charge in [-0.2, -0.15) is 5.26 Å². The van der Waals surface area contributed by atoms with Crippen LogP contribution in [0.2, 0.25) is 0 Å². The van der Waals surface area contributed by atoms with Crippen molar-refractivity contribution in [2.24, 2.45) is 0 Å². The molecule has 0 amide bonds. The van der Waals surface area contributed by atoms with Crippen LogP contribution in [0.3, 0.4) is 0 Å². The Kier molecular flexibility index (Phi) is 5.51.